The van der Waals surface area contributed by atoms with Gasteiger partial charge in [0.2, 0.25) is 5.91 Å². The summed E-state index contributed by atoms with van der Waals surface area (Å²) in [5, 5.41) is 2.80. The molecule has 2 aromatic carbocycles. The number of benzene rings is 2. The van der Waals surface area contributed by atoms with E-state index in [1.165, 1.54) is 6.20 Å². The minimum Gasteiger partial charge on any atom is -0.398 e. The van der Waals surface area contributed by atoms with E-state index in [1.807, 2.05) is 18.2 Å². The number of amides is 2. The number of anilines is 2. The van der Waals surface area contributed by atoms with Gasteiger partial charge in [-0.3, -0.25) is 14.6 Å². The molecule has 0 spiro atoms. The Balaban J connectivity index is 1.94. The van der Waals surface area contributed by atoms with Gasteiger partial charge in [0.15, 0.2) is 0 Å². The number of nitrogen functional groups attached to an aromatic ring is 1. The van der Waals surface area contributed by atoms with Gasteiger partial charge in [0, 0.05) is 29.3 Å². The van der Waals surface area contributed by atoms with Crippen molar-refractivity contribution >= 4 is 23.2 Å². The molecule has 0 radical (unpaired) electrons. The predicted octanol–water partition coefficient (Wildman–Crippen LogP) is 2.68. The van der Waals surface area contributed by atoms with Gasteiger partial charge in [-0.25, -0.2) is 0 Å². The van der Waals surface area contributed by atoms with Crippen molar-refractivity contribution in [1.29, 1.82) is 0 Å². The Labute approximate surface area is 144 Å². The second-order valence-corrected chi connectivity index (χ2v) is 5.45. The van der Waals surface area contributed by atoms with E-state index in [2.05, 4.69) is 10.3 Å². The van der Waals surface area contributed by atoms with E-state index in [4.69, 9.17) is 11.5 Å². The summed E-state index contributed by atoms with van der Waals surface area (Å²) in [4.78, 5) is 27.8. The molecule has 0 atom stereocenters. The van der Waals surface area contributed by atoms with E-state index in [-0.39, 0.29) is 5.91 Å². The van der Waals surface area contributed by atoms with Crippen molar-refractivity contribution in [2.24, 2.45) is 5.73 Å². The normalized spacial score (nSPS) is 10.2. The highest BCUT2D eigenvalue weighted by Gasteiger charge is 2.12. The molecule has 2 amide bonds. The van der Waals surface area contributed by atoms with E-state index in [1.54, 1.807) is 42.6 Å². The highest BCUT2D eigenvalue weighted by molar-refractivity contribution is 6.08. The first-order valence-electron chi connectivity index (χ1n) is 7.56. The molecule has 0 unspecified atom stereocenters. The minimum absolute atomic E-state index is 0.296. The monoisotopic (exact) mass is 332 g/mol. The van der Waals surface area contributed by atoms with Gasteiger partial charge in [-0.1, -0.05) is 24.3 Å². The van der Waals surface area contributed by atoms with E-state index in [9.17, 15) is 9.59 Å². The molecule has 0 bridgehead atoms. The van der Waals surface area contributed by atoms with Crippen LogP contribution in [0.25, 0.3) is 11.1 Å². The number of primary amides is 1. The summed E-state index contributed by atoms with van der Waals surface area (Å²) in [5.41, 5.74) is 14.3. The number of aromatic nitrogens is 1. The van der Waals surface area contributed by atoms with Crippen LogP contribution in [0.3, 0.4) is 0 Å². The summed E-state index contributed by atoms with van der Waals surface area (Å²) in [5.74, 6) is -0.878. The summed E-state index contributed by atoms with van der Waals surface area (Å²) in [6.45, 7) is 0. The molecule has 0 aliphatic heterocycles. The van der Waals surface area contributed by atoms with Crippen molar-refractivity contribution < 1.29 is 9.59 Å². The molecule has 0 saturated heterocycles. The highest BCUT2D eigenvalue weighted by atomic mass is 16.2. The molecule has 0 saturated carbocycles. The van der Waals surface area contributed by atoms with Crippen LogP contribution < -0.4 is 16.8 Å². The van der Waals surface area contributed by atoms with Crippen molar-refractivity contribution in [3.05, 3.63) is 78.1 Å². The lowest BCUT2D eigenvalue weighted by molar-refractivity contribution is 0.0997. The molecular weight excluding hydrogens is 316 g/mol. The van der Waals surface area contributed by atoms with Crippen molar-refractivity contribution in [3.63, 3.8) is 0 Å². The fraction of sp³-hybridized carbons (Fsp3) is 0. The van der Waals surface area contributed by atoms with Crippen molar-refractivity contribution in [2.45, 2.75) is 0 Å². The third kappa shape index (κ3) is 3.64. The summed E-state index contributed by atoms with van der Waals surface area (Å²) < 4.78 is 0. The lowest BCUT2D eigenvalue weighted by Crippen LogP contribution is -2.14. The molecule has 3 rings (SSSR count). The van der Waals surface area contributed by atoms with Crippen LogP contribution in [0.1, 0.15) is 20.7 Å². The van der Waals surface area contributed by atoms with E-state index in [0.29, 0.717) is 33.6 Å². The lowest BCUT2D eigenvalue weighted by atomic mass is 10.0. The van der Waals surface area contributed by atoms with Crippen molar-refractivity contribution in [3.8, 4) is 11.1 Å². The van der Waals surface area contributed by atoms with Gasteiger partial charge in [0.05, 0.1) is 11.1 Å². The molecule has 6 nitrogen and oxygen atoms in total. The summed E-state index contributed by atoms with van der Waals surface area (Å²) >= 11 is 0. The zero-order valence-electron chi connectivity index (χ0n) is 13.3. The Hall–Kier alpha value is -3.67. The SMILES string of the molecule is NC(=O)c1cncc(-c2ccc(N)c(C(=O)Nc3ccccc3)c2)c1. The summed E-state index contributed by atoms with van der Waals surface area (Å²) in [7, 11) is 0. The van der Waals surface area contributed by atoms with E-state index in [0.717, 1.165) is 0 Å². The average molecular weight is 332 g/mol. The van der Waals surface area contributed by atoms with Gasteiger partial charge in [-0.05, 0) is 35.9 Å². The van der Waals surface area contributed by atoms with Gasteiger partial charge >= 0.3 is 0 Å². The van der Waals surface area contributed by atoms with Gasteiger partial charge in [-0.15, -0.1) is 0 Å². The molecule has 1 heterocycles. The Bertz CT molecular complexity index is 939. The number of carbonyl (C=O) groups excluding carboxylic acids is 2. The predicted molar refractivity (Wildman–Crippen MR) is 97.0 cm³/mol. The third-order valence-corrected chi connectivity index (χ3v) is 3.69. The molecular formula is C19H16N4O2. The average Bonchev–Trinajstić information content (AvgIpc) is 2.63. The van der Waals surface area contributed by atoms with Gasteiger partial charge in [0.1, 0.15) is 0 Å². The fourth-order valence-electron chi connectivity index (χ4n) is 2.38. The minimum atomic E-state index is -0.563. The number of hydrogen-bond donors (Lipinski definition) is 3. The van der Waals surface area contributed by atoms with Crippen LogP contribution in [0.5, 0.6) is 0 Å². The van der Waals surface area contributed by atoms with Crippen LogP contribution in [0, 0.1) is 0 Å². The largest absolute Gasteiger partial charge is 0.398 e. The fourth-order valence-corrected chi connectivity index (χ4v) is 2.38. The number of para-hydroxylation sites is 1. The number of nitrogens with one attached hydrogen (secondary N) is 1. The van der Waals surface area contributed by atoms with Crippen LogP contribution >= 0.6 is 0 Å². The Morgan fingerprint density at radius 1 is 0.920 bits per heavy atom. The van der Waals surface area contributed by atoms with Crippen LogP contribution in [0.4, 0.5) is 11.4 Å². The van der Waals surface area contributed by atoms with Crippen LogP contribution in [-0.2, 0) is 0 Å². The molecule has 25 heavy (non-hydrogen) atoms. The molecule has 0 fully saturated rings. The molecule has 6 heteroatoms. The van der Waals surface area contributed by atoms with Crippen molar-refractivity contribution in [2.75, 3.05) is 11.1 Å². The number of rotatable bonds is 4. The van der Waals surface area contributed by atoms with Crippen molar-refractivity contribution in [1.82, 2.24) is 4.98 Å². The first-order valence-corrected chi connectivity index (χ1v) is 7.56. The molecule has 5 N–H and O–H groups in total. The lowest BCUT2D eigenvalue weighted by Gasteiger charge is -2.10. The number of hydrogen-bond acceptors (Lipinski definition) is 4. The first kappa shape index (κ1) is 16.2. The van der Waals surface area contributed by atoms with Gasteiger partial charge < -0.3 is 16.8 Å². The van der Waals surface area contributed by atoms with Gasteiger partial charge in [-0.2, -0.15) is 0 Å². The van der Waals surface area contributed by atoms with E-state index < -0.39 is 5.91 Å². The zero-order valence-corrected chi connectivity index (χ0v) is 13.3. The quantitative estimate of drug-likeness (QED) is 0.638. The Morgan fingerprint density at radius 2 is 1.68 bits per heavy atom. The Morgan fingerprint density at radius 3 is 2.40 bits per heavy atom. The smallest absolute Gasteiger partial charge is 0.257 e. The zero-order chi connectivity index (χ0) is 17.8. The standard InChI is InChI=1S/C19H16N4O2/c20-17-7-6-12(13-8-14(18(21)24)11-22-10-13)9-16(17)19(25)23-15-4-2-1-3-5-15/h1-11H,20H2,(H2,21,24)(H,23,25). The summed E-state index contributed by atoms with van der Waals surface area (Å²) in [6.07, 6.45) is 2.99. The number of carbonyl (C=O) groups is 2. The van der Waals surface area contributed by atoms with Crippen LogP contribution in [-0.4, -0.2) is 16.8 Å². The maximum atomic E-state index is 12.5. The number of nitrogens with zero attached hydrogens (tertiary/aromatic N) is 1. The second kappa shape index (κ2) is 6.84. The maximum Gasteiger partial charge on any atom is 0.257 e. The topological polar surface area (TPSA) is 111 Å². The third-order valence-electron chi connectivity index (χ3n) is 3.69. The van der Waals surface area contributed by atoms with Crippen LogP contribution in [0.2, 0.25) is 0 Å². The molecule has 124 valence electrons. The molecule has 3 aromatic rings. The second-order valence-electron chi connectivity index (χ2n) is 5.45. The number of nitrogens with two attached hydrogens (primary N) is 2. The maximum absolute atomic E-state index is 12.5. The van der Waals surface area contributed by atoms with Gasteiger partial charge in [0.25, 0.3) is 5.91 Å². The van der Waals surface area contributed by atoms with E-state index >= 15 is 0 Å². The molecule has 0 aliphatic rings. The first-order chi connectivity index (χ1) is 12.0. The van der Waals surface area contributed by atoms with Crippen LogP contribution in [0.15, 0.2) is 67.0 Å². The Kier molecular flexibility index (Phi) is 4.43. The highest BCUT2D eigenvalue weighted by Crippen LogP contribution is 2.25. The molecule has 0 aliphatic carbocycles. The summed E-state index contributed by atoms with van der Waals surface area (Å²) in [6, 6.07) is 15.8. The molecule has 1 aromatic heterocycles. The number of pyridine rings is 1.